The number of amidine groups is 1. The highest BCUT2D eigenvalue weighted by Crippen LogP contribution is 2.31. The van der Waals surface area contributed by atoms with E-state index in [0.29, 0.717) is 18.6 Å². The molecule has 7 nitrogen and oxygen atoms in total. The molecule has 5 heterocycles. The summed E-state index contributed by atoms with van der Waals surface area (Å²) in [6, 6.07) is 4.99. The Hall–Kier alpha value is -2.67. The molecule has 2 saturated heterocycles. The second-order valence-electron chi connectivity index (χ2n) is 8.75. The van der Waals surface area contributed by atoms with E-state index in [1.807, 2.05) is 24.2 Å². The number of hydrogen-bond acceptors (Lipinski definition) is 6. The van der Waals surface area contributed by atoms with Crippen molar-refractivity contribution in [3.05, 3.63) is 53.6 Å². The predicted octanol–water partition coefficient (Wildman–Crippen LogP) is 1.84. The minimum atomic E-state index is 0.174. The molecule has 4 aliphatic heterocycles. The van der Waals surface area contributed by atoms with Gasteiger partial charge in [-0.1, -0.05) is 12.1 Å². The Bertz CT molecular complexity index is 922. The van der Waals surface area contributed by atoms with Crippen LogP contribution >= 0.6 is 0 Å². The summed E-state index contributed by atoms with van der Waals surface area (Å²) in [6.07, 6.45) is 11.6. The van der Waals surface area contributed by atoms with Gasteiger partial charge in [-0.05, 0) is 50.0 Å². The first-order valence-corrected chi connectivity index (χ1v) is 11.0. The smallest absolute Gasteiger partial charge is 0.241 e. The summed E-state index contributed by atoms with van der Waals surface area (Å²) >= 11 is 0. The van der Waals surface area contributed by atoms with Crippen LogP contribution in [0.15, 0.2) is 47.4 Å². The molecular weight excluding hydrogens is 376 g/mol. The fourth-order valence-corrected chi connectivity index (χ4v) is 5.01. The molecule has 4 aliphatic rings. The maximum absolute atomic E-state index is 12.2. The third kappa shape index (κ3) is 3.51. The van der Waals surface area contributed by atoms with E-state index in [0.717, 1.165) is 44.1 Å². The molecule has 1 N–H and O–H groups in total. The van der Waals surface area contributed by atoms with Crippen molar-refractivity contribution in [1.82, 2.24) is 25.0 Å². The second kappa shape index (κ2) is 7.87. The van der Waals surface area contributed by atoms with Crippen LogP contribution in [0.3, 0.4) is 0 Å². The van der Waals surface area contributed by atoms with Gasteiger partial charge in [-0.2, -0.15) is 0 Å². The van der Waals surface area contributed by atoms with E-state index >= 15 is 0 Å². The average molecular weight is 407 g/mol. The van der Waals surface area contributed by atoms with Crippen LogP contribution in [0.1, 0.15) is 36.6 Å². The van der Waals surface area contributed by atoms with Crippen LogP contribution in [0, 0.1) is 6.92 Å². The van der Waals surface area contributed by atoms with Crippen LogP contribution in [-0.2, 0) is 4.79 Å². The monoisotopic (exact) mass is 406 g/mol. The molecule has 1 unspecified atom stereocenters. The minimum Gasteiger partial charge on any atom is -0.347 e. The van der Waals surface area contributed by atoms with E-state index in [-0.39, 0.29) is 11.9 Å². The Morgan fingerprint density at radius 3 is 2.97 bits per heavy atom. The summed E-state index contributed by atoms with van der Waals surface area (Å²) in [4.78, 5) is 28.2. The van der Waals surface area contributed by atoms with Crippen molar-refractivity contribution in [2.24, 2.45) is 4.99 Å². The Morgan fingerprint density at radius 1 is 1.23 bits per heavy atom. The number of carbonyl (C=O) groups excluding carboxylic acids is 1. The van der Waals surface area contributed by atoms with E-state index in [9.17, 15) is 4.79 Å². The first-order valence-electron chi connectivity index (χ1n) is 11.0. The number of amides is 1. The van der Waals surface area contributed by atoms with Gasteiger partial charge in [0.15, 0.2) is 0 Å². The average Bonchev–Trinajstić information content (AvgIpc) is 3.21. The van der Waals surface area contributed by atoms with E-state index in [1.54, 1.807) is 0 Å². The number of piperidine rings is 1. The number of aromatic nitrogens is 1. The third-order valence-electron chi connectivity index (χ3n) is 6.76. The van der Waals surface area contributed by atoms with Gasteiger partial charge in [0, 0.05) is 38.9 Å². The van der Waals surface area contributed by atoms with Crippen molar-refractivity contribution in [2.45, 2.75) is 44.3 Å². The minimum absolute atomic E-state index is 0.174. The summed E-state index contributed by atoms with van der Waals surface area (Å²) in [6.45, 7) is 5.06. The lowest BCUT2D eigenvalue weighted by atomic mass is 9.91. The van der Waals surface area contributed by atoms with Gasteiger partial charge in [0.1, 0.15) is 11.7 Å². The number of piperazine rings is 1. The molecule has 1 aromatic heterocycles. The van der Waals surface area contributed by atoms with Gasteiger partial charge in [0.05, 0.1) is 24.3 Å². The molecule has 0 spiro atoms. The van der Waals surface area contributed by atoms with Crippen molar-refractivity contribution >= 4 is 11.7 Å². The molecule has 0 radical (unpaired) electrons. The van der Waals surface area contributed by atoms with Crippen LogP contribution in [0.2, 0.25) is 0 Å². The topological polar surface area (TPSA) is 64.1 Å². The van der Waals surface area contributed by atoms with Gasteiger partial charge in [0.2, 0.25) is 5.91 Å². The van der Waals surface area contributed by atoms with Gasteiger partial charge in [-0.3, -0.25) is 14.8 Å². The van der Waals surface area contributed by atoms with Crippen LogP contribution in [0.4, 0.5) is 0 Å². The first kappa shape index (κ1) is 19.3. The molecule has 7 heteroatoms. The largest absolute Gasteiger partial charge is 0.347 e. The van der Waals surface area contributed by atoms with E-state index in [2.05, 4.69) is 51.3 Å². The molecule has 0 aromatic carbocycles. The number of pyridine rings is 1. The number of carbonyl (C=O) groups is 1. The van der Waals surface area contributed by atoms with Crippen LogP contribution in [0.5, 0.6) is 0 Å². The predicted molar refractivity (Wildman–Crippen MR) is 117 cm³/mol. The standard InChI is InChI=1S/C23H30N6O/c1-16-6-5-11-24-23(16)18-8-3-7-17(25-18)19-14-29-20(26-19)9-4-10-21(29)28-13-12-27(2)22(30)15-28/h4-6,9-11,17-19,25H,3,7-8,12-15H2,1-2H3/t17-,18+,19?/m1/s1. The van der Waals surface area contributed by atoms with Crippen LogP contribution < -0.4 is 5.32 Å². The Balaban J connectivity index is 1.30. The highest BCUT2D eigenvalue weighted by molar-refractivity contribution is 5.97. The number of aryl methyl sites for hydroxylation is 1. The van der Waals surface area contributed by atoms with Gasteiger partial charge in [-0.25, -0.2) is 0 Å². The summed E-state index contributed by atoms with van der Waals surface area (Å²) in [5.41, 5.74) is 2.42. The highest BCUT2D eigenvalue weighted by atomic mass is 16.2. The lowest BCUT2D eigenvalue weighted by Gasteiger charge is -2.39. The lowest BCUT2D eigenvalue weighted by Crippen LogP contribution is -2.52. The fraction of sp³-hybridized carbons (Fsp3) is 0.522. The maximum Gasteiger partial charge on any atom is 0.241 e. The number of nitrogens with zero attached hydrogens (tertiary/aromatic N) is 5. The Labute approximate surface area is 178 Å². The number of likely N-dealkylation sites (N-methyl/N-ethyl adjacent to an activating group) is 1. The van der Waals surface area contributed by atoms with Crippen molar-refractivity contribution in [2.75, 3.05) is 33.2 Å². The van der Waals surface area contributed by atoms with Gasteiger partial charge in [0.25, 0.3) is 0 Å². The Kier molecular flexibility index (Phi) is 5.06. The maximum atomic E-state index is 12.2. The second-order valence-corrected chi connectivity index (χ2v) is 8.75. The zero-order valence-corrected chi connectivity index (χ0v) is 17.8. The molecule has 0 aliphatic carbocycles. The number of aliphatic imine (C=N–C) groups is 1. The summed E-state index contributed by atoms with van der Waals surface area (Å²) in [5, 5.41) is 3.86. The molecule has 2 fully saturated rings. The summed E-state index contributed by atoms with van der Waals surface area (Å²) < 4.78 is 0. The zero-order valence-electron chi connectivity index (χ0n) is 17.8. The normalized spacial score (nSPS) is 29.1. The molecule has 5 rings (SSSR count). The number of nitrogens with one attached hydrogen (secondary N) is 1. The molecule has 30 heavy (non-hydrogen) atoms. The third-order valence-corrected chi connectivity index (χ3v) is 6.76. The first-order chi connectivity index (χ1) is 14.6. The number of hydrogen-bond donors (Lipinski definition) is 1. The van der Waals surface area contributed by atoms with Gasteiger partial charge < -0.3 is 20.0 Å². The number of fused-ring (bicyclic) bond motifs is 1. The molecule has 3 atom stereocenters. The zero-order chi connectivity index (χ0) is 20.7. The van der Waals surface area contributed by atoms with Crippen LogP contribution in [-0.4, -0.2) is 76.7 Å². The van der Waals surface area contributed by atoms with Gasteiger partial charge in [-0.15, -0.1) is 0 Å². The van der Waals surface area contributed by atoms with Crippen molar-refractivity contribution < 1.29 is 4.79 Å². The van der Waals surface area contributed by atoms with Gasteiger partial charge >= 0.3 is 0 Å². The van der Waals surface area contributed by atoms with Crippen molar-refractivity contribution in [1.29, 1.82) is 0 Å². The number of allylic oxidation sites excluding steroid dienone is 2. The molecule has 158 valence electrons. The number of rotatable bonds is 3. The van der Waals surface area contributed by atoms with Crippen molar-refractivity contribution in [3.8, 4) is 0 Å². The lowest BCUT2D eigenvalue weighted by molar-refractivity contribution is -0.133. The van der Waals surface area contributed by atoms with E-state index in [1.165, 1.54) is 17.7 Å². The molecular formula is C23H30N6O. The summed E-state index contributed by atoms with van der Waals surface area (Å²) in [5.74, 6) is 2.29. The Morgan fingerprint density at radius 2 is 2.13 bits per heavy atom. The highest BCUT2D eigenvalue weighted by Gasteiger charge is 2.37. The van der Waals surface area contributed by atoms with Crippen LogP contribution in [0.25, 0.3) is 0 Å². The van der Waals surface area contributed by atoms with E-state index in [4.69, 9.17) is 4.99 Å². The molecule has 1 amide bonds. The van der Waals surface area contributed by atoms with Crippen molar-refractivity contribution in [3.63, 3.8) is 0 Å². The molecule has 1 aromatic rings. The fourth-order valence-electron chi connectivity index (χ4n) is 5.01. The quantitative estimate of drug-likeness (QED) is 0.830. The SMILES string of the molecule is Cc1cccnc1[C@@H]1CCC[C@H](C2CN3C(N4CCN(C)C(=O)C4)=CC=CC3=N2)N1. The van der Waals surface area contributed by atoms with E-state index < -0.39 is 0 Å². The molecule has 0 bridgehead atoms. The molecule has 0 saturated carbocycles. The summed E-state index contributed by atoms with van der Waals surface area (Å²) in [7, 11) is 1.88.